The zero-order chi connectivity index (χ0) is 20.8. The van der Waals surface area contributed by atoms with Crippen LogP contribution in [0.1, 0.15) is 22.8 Å². The predicted octanol–water partition coefficient (Wildman–Crippen LogP) is 4.22. The van der Waals surface area contributed by atoms with Crippen LogP contribution < -0.4 is 10.6 Å². The molecule has 1 heterocycles. The second-order valence-corrected chi connectivity index (χ2v) is 6.01. The Morgan fingerprint density at radius 1 is 1.07 bits per heavy atom. The molecule has 0 amide bonds. The number of ether oxygens (including phenoxy) is 1. The van der Waals surface area contributed by atoms with E-state index < -0.39 is 10.9 Å². The molecule has 0 spiro atoms. The molecule has 3 rings (SSSR count). The number of hydrogen-bond donors (Lipinski definition) is 2. The number of rotatable bonds is 7. The van der Waals surface area contributed by atoms with Gasteiger partial charge in [0.15, 0.2) is 0 Å². The van der Waals surface area contributed by atoms with E-state index in [4.69, 9.17) is 0 Å². The minimum Gasteiger partial charge on any atom is -0.465 e. The fourth-order valence-electron chi connectivity index (χ4n) is 2.76. The van der Waals surface area contributed by atoms with E-state index in [1.807, 2.05) is 31.2 Å². The zero-order valence-electron chi connectivity index (χ0n) is 15.9. The number of aromatic nitrogens is 2. The van der Waals surface area contributed by atoms with Gasteiger partial charge in [-0.05, 0) is 42.3 Å². The molecule has 0 saturated carbocycles. The van der Waals surface area contributed by atoms with Crippen molar-refractivity contribution in [1.82, 2.24) is 9.97 Å². The van der Waals surface area contributed by atoms with Gasteiger partial charge in [0.05, 0.1) is 17.6 Å². The van der Waals surface area contributed by atoms with Crippen LogP contribution in [0.25, 0.3) is 0 Å². The molecule has 29 heavy (non-hydrogen) atoms. The molecule has 0 saturated heterocycles. The van der Waals surface area contributed by atoms with Crippen molar-refractivity contribution in [3.05, 3.63) is 76.1 Å². The molecule has 0 aliphatic rings. The van der Waals surface area contributed by atoms with Crippen molar-refractivity contribution in [2.75, 3.05) is 17.7 Å². The van der Waals surface area contributed by atoms with Crippen LogP contribution in [0.5, 0.6) is 0 Å². The number of anilines is 4. The van der Waals surface area contributed by atoms with E-state index in [9.17, 15) is 14.9 Å². The highest BCUT2D eigenvalue weighted by molar-refractivity contribution is 5.90. The largest absolute Gasteiger partial charge is 0.465 e. The van der Waals surface area contributed by atoms with Gasteiger partial charge >= 0.3 is 11.7 Å². The van der Waals surface area contributed by atoms with Crippen LogP contribution in [0.3, 0.4) is 0 Å². The summed E-state index contributed by atoms with van der Waals surface area (Å²) in [6.45, 7) is 2.00. The first kappa shape index (κ1) is 19.7. The van der Waals surface area contributed by atoms with E-state index in [2.05, 4.69) is 25.3 Å². The van der Waals surface area contributed by atoms with Gasteiger partial charge in [-0.1, -0.05) is 25.1 Å². The van der Waals surface area contributed by atoms with Crippen LogP contribution in [-0.2, 0) is 11.2 Å². The number of nitro groups is 1. The summed E-state index contributed by atoms with van der Waals surface area (Å²) >= 11 is 0. The molecular formula is C20H19N5O4. The van der Waals surface area contributed by atoms with Crippen molar-refractivity contribution < 1.29 is 14.5 Å². The van der Waals surface area contributed by atoms with Crippen molar-refractivity contribution in [2.24, 2.45) is 0 Å². The summed E-state index contributed by atoms with van der Waals surface area (Å²) in [6, 6.07) is 13.9. The third kappa shape index (κ3) is 4.46. The van der Waals surface area contributed by atoms with Crippen molar-refractivity contribution in [2.45, 2.75) is 13.3 Å². The number of carbonyl (C=O) groups excluding carboxylic acids is 1. The molecule has 0 bridgehead atoms. The average molecular weight is 393 g/mol. The monoisotopic (exact) mass is 393 g/mol. The van der Waals surface area contributed by atoms with Crippen molar-refractivity contribution >= 4 is 34.7 Å². The molecule has 0 radical (unpaired) electrons. The van der Waals surface area contributed by atoms with E-state index in [-0.39, 0.29) is 17.3 Å². The maximum Gasteiger partial charge on any atom is 0.353 e. The Hall–Kier alpha value is -4.01. The number of carbonyl (C=O) groups is 1. The van der Waals surface area contributed by atoms with Gasteiger partial charge in [0, 0.05) is 11.4 Å². The number of nitrogens with one attached hydrogen (secondary N) is 2. The molecule has 9 heteroatoms. The maximum absolute atomic E-state index is 11.7. The van der Waals surface area contributed by atoms with Gasteiger partial charge in [-0.2, -0.15) is 0 Å². The summed E-state index contributed by atoms with van der Waals surface area (Å²) in [5.41, 5.74) is 2.36. The summed E-state index contributed by atoms with van der Waals surface area (Å²) in [5.74, 6) is -0.350. The fraction of sp³-hybridized carbons (Fsp3) is 0.150. The topological polar surface area (TPSA) is 119 Å². The SMILES string of the molecule is CCc1ccccc1Nc1ncnc(Nc2ccc(C(=O)OC)cc2)c1[N+](=O)[O-]. The smallest absolute Gasteiger partial charge is 0.353 e. The number of hydrogen-bond acceptors (Lipinski definition) is 8. The summed E-state index contributed by atoms with van der Waals surface area (Å²) < 4.78 is 4.66. The Morgan fingerprint density at radius 3 is 2.34 bits per heavy atom. The molecular weight excluding hydrogens is 374 g/mol. The van der Waals surface area contributed by atoms with Gasteiger partial charge in [-0.25, -0.2) is 14.8 Å². The minimum atomic E-state index is -0.540. The van der Waals surface area contributed by atoms with Crippen molar-refractivity contribution in [1.29, 1.82) is 0 Å². The predicted molar refractivity (Wildman–Crippen MR) is 109 cm³/mol. The third-order valence-corrected chi connectivity index (χ3v) is 4.22. The number of methoxy groups -OCH3 is 1. The third-order valence-electron chi connectivity index (χ3n) is 4.22. The molecule has 2 N–H and O–H groups in total. The number of para-hydroxylation sites is 1. The van der Waals surface area contributed by atoms with Crippen LogP contribution >= 0.6 is 0 Å². The lowest BCUT2D eigenvalue weighted by molar-refractivity contribution is -0.383. The Kier molecular flexibility index (Phi) is 5.98. The second-order valence-electron chi connectivity index (χ2n) is 6.01. The maximum atomic E-state index is 11.7. The van der Waals surface area contributed by atoms with Crippen LogP contribution in [-0.4, -0.2) is 28.0 Å². The quantitative estimate of drug-likeness (QED) is 0.348. The van der Waals surface area contributed by atoms with E-state index >= 15 is 0 Å². The first-order valence-electron chi connectivity index (χ1n) is 8.83. The molecule has 148 valence electrons. The van der Waals surface area contributed by atoms with Gasteiger partial charge in [0.1, 0.15) is 6.33 Å². The van der Waals surface area contributed by atoms with Gasteiger partial charge < -0.3 is 15.4 Å². The van der Waals surface area contributed by atoms with Crippen LogP contribution in [0.2, 0.25) is 0 Å². The number of aryl methyl sites for hydroxylation is 1. The van der Waals surface area contributed by atoms with E-state index in [0.29, 0.717) is 11.3 Å². The lowest BCUT2D eigenvalue weighted by atomic mass is 10.1. The molecule has 3 aromatic rings. The molecule has 9 nitrogen and oxygen atoms in total. The Labute approximate surface area is 166 Å². The fourth-order valence-corrected chi connectivity index (χ4v) is 2.76. The molecule has 0 fully saturated rings. The molecule has 0 unspecified atom stereocenters. The normalized spacial score (nSPS) is 10.3. The summed E-state index contributed by atoms with van der Waals surface area (Å²) in [6.07, 6.45) is 2.01. The molecule has 0 atom stereocenters. The molecule has 0 aliphatic carbocycles. The van der Waals surface area contributed by atoms with Crippen LogP contribution in [0.4, 0.5) is 28.7 Å². The lowest BCUT2D eigenvalue weighted by Crippen LogP contribution is -2.06. The van der Waals surface area contributed by atoms with E-state index in [0.717, 1.165) is 17.7 Å². The number of benzene rings is 2. The molecule has 2 aromatic carbocycles. The Bertz CT molecular complexity index is 1040. The Balaban J connectivity index is 1.93. The lowest BCUT2D eigenvalue weighted by Gasteiger charge is -2.12. The van der Waals surface area contributed by atoms with Gasteiger partial charge in [-0.15, -0.1) is 0 Å². The standard InChI is InChI=1S/C20H19N5O4/c1-3-13-6-4-5-7-16(13)24-19-17(25(27)28)18(21-12-22-19)23-15-10-8-14(9-11-15)20(26)29-2/h4-12H,3H2,1-2H3,(H2,21,22,23,24). The van der Waals surface area contributed by atoms with Gasteiger partial charge in [-0.3, -0.25) is 10.1 Å². The zero-order valence-corrected chi connectivity index (χ0v) is 15.9. The molecule has 0 aliphatic heterocycles. The highest BCUT2D eigenvalue weighted by Crippen LogP contribution is 2.33. The van der Waals surface area contributed by atoms with E-state index in [1.54, 1.807) is 24.3 Å². The summed E-state index contributed by atoms with van der Waals surface area (Å²) in [7, 11) is 1.30. The van der Waals surface area contributed by atoms with Gasteiger partial charge in [0.25, 0.3) is 0 Å². The van der Waals surface area contributed by atoms with Gasteiger partial charge in [0.2, 0.25) is 11.6 Å². The van der Waals surface area contributed by atoms with Crippen molar-refractivity contribution in [3.63, 3.8) is 0 Å². The first-order valence-corrected chi connectivity index (χ1v) is 8.83. The number of esters is 1. The summed E-state index contributed by atoms with van der Waals surface area (Å²) in [4.78, 5) is 30.8. The van der Waals surface area contributed by atoms with Crippen LogP contribution in [0, 0.1) is 10.1 Å². The average Bonchev–Trinajstić information content (AvgIpc) is 2.74. The van der Waals surface area contributed by atoms with Crippen molar-refractivity contribution in [3.8, 4) is 0 Å². The highest BCUT2D eigenvalue weighted by Gasteiger charge is 2.24. The Morgan fingerprint density at radius 2 is 1.72 bits per heavy atom. The minimum absolute atomic E-state index is 0.0345. The van der Waals surface area contributed by atoms with E-state index in [1.165, 1.54) is 13.4 Å². The van der Waals surface area contributed by atoms with Crippen LogP contribution in [0.15, 0.2) is 54.9 Å². The second kappa shape index (κ2) is 8.79. The highest BCUT2D eigenvalue weighted by atomic mass is 16.6. The molecule has 1 aromatic heterocycles. The first-order chi connectivity index (χ1) is 14.0. The number of nitrogens with zero attached hydrogens (tertiary/aromatic N) is 3. The summed E-state index contributed by atoms with van der Waals surface area (Å²) in [5, 5.41) is 17.7.